The topological polar surface area (TPSA) is 55.5 Å². The summed E-state index contributed by atoms with van der Waals surface area (Å²) in [7, 11) is 1.49. The quantitative estimate of drug-likeness (QED) is 0.881. The molecule has 0 aliphatic heterocycles. The van der Waals surface area contributed by atoms with Crippen molar-refractivity contribution < 1.29 is 9.84 Å². The van der Waals surface area contributed by atoms with Crippen molar-refractivity contribution in [3.8, 4) is 11.5 Å². The molecule has 0 saturated heterocycles. The predicted octanol–water partition coefficient (Wildman–Crippen LogP) is 2.76. The molecule has 3 N–H and O–H groups in total. The summed E-state index contributed by atoms with van der Waals surface area (Å²) in [5.41, 5.74) is 6.67. The standard InChI is InChI=1S/C11H16ClNO2.ClH/c1-3-8(13)6-7-4-5-9(15-2)11(14)10(7)12;/h4-5,8,14H,3,6,13H2,1-2H3;1H. The van der Waals surface area contributed by atoms with Gasteiger partial charge in [0.05, 0.1) is 12.1 Å². The second kappa shape index (κ2) is 6.84. The Morgan fingerprint density at radius 3 is 2.62 bits per heavy atom. The summed E-state index contributed by atoms with van der Waals surface area (Å²) in [6.07, 6.45) is 1.54. The molecule has 0 aliphatic rings. The number of halogens is 2. The van der Waals surface area contributed by atoms with Gasteiger partial charge in [-0.2, -0.15) is 0 Å². The van der Waals surface area contributed by atoms with Gasteiger partial charge in [-0.1, -0.05) is 24.6 Å². The number of hydrogen-bond donors (Lipinski definition) is 2. The van der Waals surface area contributed by atoms with Gasteiger partial charge < -0.3 is 15.6 Å². The highest BCUT2D eigenvalue weighted by Gasteiger charge is 2.12. The lowest BCUT2D eigenvalue weighted by Gasteiger charge is -2.12. The van der Waals surface area contributed by atoms with Gasteiger partial charge in [0.2, 0.25) is 0 Å². The van der Waals surface area contributed by atoms with Gasteiger partial charge in [0, 0.05) is 6.04 Å². The van der Waals surface area contributed by atoms with Crippen LogP contribution in [0.15, 0.2) is 12.1 Å². The van der Waals surface area contributed by atoms with Gasteiger partial charge in [0.15, 0.2) is 11.5 Å². The van der Waals surface area contributed by atoms with E-state index in [9.17, 15) is 5.11 Å². The largest absolute Gasteiger partial charge is 0.503 e. The molecule has 0 spiro atoms. The summed E-state index contributed by atoms with van der Waals surface area (Å²) < 4.78 is 4.95. The summed E-state index contributed by atoms with van der Waals surface area (Å²) in [6, 6.07) is 3.59. The van der Waals surface area contributed by atoms with Gasteiger partial charge in [-0.05, 0) is 24.5 Å². The maximum absolute atomic E-state index is 9.67. The van der Waals surface area contributed by atoms with E-state index in [2.05, 4.69) is 0 Å². The van der Waals surface area contributed by atoms with Crippen LogP contribution in [0, 0.1) is 0 Å². The zero-order valence-corrected chi connectivity index (χ0v) is 10.9. The minimum absolute atomic E-state index is 0. The van der Waals surface area contributed by atoms with Crippen molar-refractivity contribution in [3.63, 3.8) is 0 Å². The minimum atomic E-state index is -0.0139. The van der Waals surface area contributed by atoms with Crippen molar-refractivity contribution in [1.82, 2.24) is 0 Å². The number of ether oxygens (including phenoxy) is 1. The van der Waals surface area contributed by atoms with E-state index in [1.807, 2.05) is 13.0 Å². The molecule has 1 aromatic carbocycles. The highest BCUT2D eigenvalue weighted by Crippen LogP contribution is 2.36. The van der Waals surface area contributed by atoms with E-state index >= 15 is 0 Å². The average molecular weight is 266 g/mol. The van der Waals surface area contributed by atoms with Crippen molar-refractivity contribution in [2.45, 2.75) is 25.8 Å². The van der Waals surface area contributed by atoms with Crippen LogP contribution >= 0.6 is 24.0 Å². The van der Waals surface area contributed by atoms with Crippen LogP contribution in [0.5, 0.6) is 11.5 Å². The number of methoxy groups -OCH3 is 1. The van der Waals surface area contributed by atoms with E-state index in [0.29, 0.717) is 17.2 Å². The monoisotopic (exact) mass is 265 g/mol. The molecule has 0 bridgehead atoms. The molecule has 0 aromatic heterocycles. The van der Waals surface area contributed by atoms with Crippen LogP contribution in [-0.4, -0.2) is 18.3 Å². The third-order valence-corrected chi connectivity index (χ3v) is 2.81. The minimum Gasteiger partial charge on any atom is -0.503 e. The van der Waals surface area contributed by atoms with Crippen LogP contribution < -0.4 is 10.5 Å². The van der Waals surface area contributed by atoms with Crippen molar-refractivity contribution >= 4 is 24.0 Å². The van der Waals surface area contributed by atoms with Crippen molar-refractivity contribution in [2.75, 3.05) is 7.11 Å². The summed E-state index contributed by atoms with van der Waals surface area (Å²) in [5.74, 6) is 0.369. The zero-order chi connectivity index (χ0) is 11.4. The van der Waals surface area contributed by atoms with E-state index in [0.717, 1.165) is 12.0 Å². The first-order chi connectivity index (χ1) is 7.10. The average Bonchev–Trinajstić information content (AvgIpc) is 2.25. The van der Waals surface area contributed by atoms with E-state index in [1.54, 1.807) is 6.07 Å². The van der Waals surface area contributed by atoms with Gasteiger partial charge >= 0.3 is 0 Å². The molecule has 16 heavy (non-hydrogen) atoms. The molecule has 3 nitrogen and oxygen atoms in total. The molecule has 1 atom stereocenters. The van der Waals surface area contributed by atoms with Crippen LogP contribution in [-0.2, 0) is 6.42 Å². The number of benzene rings is 1. The van der Waals surface area contributed by atoms with Crippen molar-refractivity contribution in [2.24, 2.45) is 5.73 Å². The summed E-state index contributed by atoms with van der Waals surface area (Å²) in [4.78, 5) is 0. The second-order valence-corrected chi connectivity index (χ2v) is 3.84. The second-order valence-electron chi connectivity index (χ2n) is 3.46. The van der Waals surface area contributed by atoms with Crippen molar-refractivity contribution in [3.05, 3.63) is 22.7 Å². The number of rotatable bonds is 4. The highest BCUT2D eigenvalue weighted by atomic mass is 35.5. The Kier molecular flexibility index (Phi) is 6.56. The van der Waals surface area contributed by atoms with Crippen LogP contribution in [0.2, 0.25) is 5.02 Å². The molecular weight excluding hydrogens is 249 g/mol. The fourth-order valence-electron chi connectivity index (χ4n) is 1.34. The predicted molar refractivity (Wildman–Crippen MR) is 68.9 cm³/mol. The smallest absolute Gasteiger partial charge is 0.177 e. The Morgan fingerprint density at radius 2 is 2.12 bits per heavy atom. The molecular formula is C11H17Cl2NO2. The number of aromatic hydroxyl groups is 1. The fraction of sp³-hybridized carbons (Fsp3) is 0.455. The van der Waals surface area contributed by atoms with Gasteiger partial charge in [-0.15, -0.1) is 12.4 Å². The maximum Gasteiger partial charge on any atom is 0.177 e. The maximum atomic E-state index is 9.67. The Morgan fingerprint density at radius 1 is 1.50 bits per heavy atom. The van der Waals surface area contributed by atoms with E-state index in [-0.39, 0.29) is 24.2 Å². The Hall–Kier alpha value is -0.640. The van der Waals surface area contributed by atoms with Crippen LogP contribution in [0.1, 0.15) is 18.9 Å². The zero-order valence-electron chi connectivity index (χ0n) is 9.37. The SMILES string of the molecule is CCC(N)Cc1ccc(OC)c(O)c1Cl.Cl. The van der Waals surface area contributed by atoms with Crippen LogP contribution in [0.3, 0.4) is 0 Å². The molecule has 0 radical (unpaired) electrons. The number of phenols is 1. The van der Waals surface area contributed by atoms with E-state index < -0.39 is 0 Å². The molecule has 0 heterocycles. The molecule has 1 aromatic rings. The van der Waals surface area contributed by atoms with Crippen LogP contribution in [0.25, 0.3) is 0 Å². The fourth-order valence-corrected chi connectivity index (χ4v) is 1.57. The molecule has 5 heteroatoms. The first kappa shape index (κ1) is 15.4. The Bertz CT molecular complexity index is 345. The lowest BCUT2D eigenvalue weighted by molar-refractivity contribution is 0.373. The number of hydrogen-bond acceptors (Lipinski definition) is 3. The third kappa shape index (κ3) is 3.44. The molecule has 0 fully saturated rings. The summed E-state index contributed by atoms with van der Waals surface area (Å²) in [6.45, 7) is 2.02. The summed E-state index contributed by atoms with van der Waals surface area (Å²) >= 11 is 5.99. The van der Waals surface area contributed by atoms with Crippen molar-refractivity contribution in [1.29, 1.82) is 0 Å². The molecule has 0 amide bonds. The molecule has 1 unspecified atom stereocenters. The molecule has 0 saturated carbocycles. The normalized spacial score (nSPS) is 11.8. The molecule has 92 valence electrons. The van der Waals surface area contributed by atoms with E-state index in [4.69, 9.17) is 22.1 Å². The lowest BCUT2D eigenvalue weighted by atomic mass is 10.0. The Balaban J connectivity index is 0.00000225. The van der Waals surface area contributed by atoms with Gasteiger partial charge in [0.1, 0.15) is 0 Å². The first-order valence-corrected chi connectivity index (χ1v) is 5.27. The third-order valence-electron chi connectivity index (χ3n) is 2.39. The van der Waals surface area contributed by atoms with Gasteiger partial charge in [-0.25, -0.2) is 0 Å². The van der Waals surface area contributed by atoms with Crippen LogP contribution in [0.4, 0.5) is 0 Å². The number of nitrogens with two attached hydrogens (primary N) is 1. The van der Waals surface area contributed by atoms with E-state index in [1.165, 1.54) is 7.11 Å². The Labute approximate surface area is 107 Å². The molecule has 1 rings (SSSR count). The summed E-state index contributed by atoms with van der Waals surface area (Å²) in [5, 5.41) is 10.00. The van der Waals surface area contributed by atoms with Gasteiger partial charge in [0.25, 0.3) is 0 Å². The lowest BCUT2D eigenvalue weighted by Crippen LogP contribution is -2.21. The highest BCUT2D eigenvalue weighted by molar-refractivity contribution is 6.33. The van der Waals surface area contributed by atoms with Gasteiger partial charge in [-0.3, -0.25) is 0 Å². The number of phenolic OH excluding ortho intramolecular Hbond substituents is 1. The first-order valence-electron chi connectivity index (χ1n) is 4.90. The molecule has 0 aliphatic carbocycles.